The molecule has 1 unspecified atom stereocenters. The fraction of sp³-hybridized carbons (Fsp3) is 0.364. The van der Waals surface area contributed by atoms with Crippen LogP contribution in [0.1, 0.15) is 36.3 Å². The van der Waals surface area contributed by atoms with Crippen molar-refractivity contribution in [2.24, 2.45) is 5.18 Å². The molecule has 1 aliphatic carbocycles. The molecule has 0 saturated heterocycles. The molecule has 6 nitrogen and oxygen atoms in total. The maximum atomic E-state index is 11.0. The summed E-state index contributed by atoms with van der Waals surface area (Å²) in [4.78, 5) is 11.0. The summed E-state index contributed by atoms with van der Waals surface area (Å²) < 4.78 is 1.72. The van der Waals surface area contributed by atoms with Crippen molar-refractivity contribution in [3.8, 4) is 0 Å². The largest absolute Gasteiger partial charge is 0.224 e. The van der Waals surface area contributed by atoms with Crippen molar-refractivity contribution in [2.45, 2.75) is 24.9 Å². The van der Waals surface area contributed by atoms with Gasteiger partial charge in [0.1, 0.15) is 0 Å². The zero-order chi connectivity index (χ0) is 11.7. The van der Waals surface area contributed by atoms with Gasteiger partial charge in [-0.25, -0.2) is 4.68 Å². The van der Waals surface area contributed by atoms with Crippen LogP contribution >= 0.6 is 0 Å². The molecule has 0 bridgehead atoms. The number of aromatic nitrogens is 4. The first-order valence-electron chi connectivity index (χ1n) is 5.55. The molecule has 0 aliphatic heterocycles. The van der Waals surface area contributed by atoms with Crippen LogP contribution in [-0.2, 0) is 0 Å². The molecule has 6 heteroatoms. The van der Waals surface area contributed by atoms with Gasteiger partial charge < -0.3 is 0 Å². The maximum Gasteiger partial charge on any atom is 0.184 e. The van der Waals surface area contributed by atoms with Crippen molar-refractivity contribution in [2.75, 3.05) is 0 Å². The van der Waals surface area contributed by atoms with Crippen molar-refractivity contribution >= 4 is 0 Å². The fourth-order valence-electron chi connectivity index (χ4n) is 1.85. The van der Waals surface area contributed by atoms with E-state index in [-0.39, 0.29) is 0 Å². The van der Waals surface area contributed by atoms with Gasteiger partial charge in [0, 0.05) is 0 Å². The van der Waals surface area contributed by atoms with Crippen molar-refractivity contribution in [1.82, 2.24) is 20.2 Å². The molecule has 0 radical (unpaired) electrons. The minimum Gasteiger partial charge on any atom is -0.224 e. The molecule has 0 spiro atoms. The second-order valence-electron chi connectivity index (χ2n) is 4.13. The lowest BCUT2D eigenvalue weighted by molar-refractivity contribution is 0.565. The van der Waals surface area contributed by atoms with Gasteiger partial charge >= 0.3 is 0 Å². The third-order valence-electron chi connectivity index (χ3n) is 2.88. The van der Waals surface area contributed by atoms with E-state index >= 15 is 0 Å². The van der Waals surface area contributed by atoms with Gasteiger partial charge in [0.15, 0.2) is 11.9 Å². The lowest BCUT2D eigenvalue weighted by atomic mass is 10.1. The van der Waals surface area contributed by atoms with E-state index in [9.17, 15) is 4.91 Å². The van der Waals surface area contributed by atoms with Crippen LogP contribution in [0.3, 0.4) is 0 Å². The number of benzene rings is 1. The quantitative estimate of drug-likeness (QED) is 0.750. The number of nitrogens with zero attached hydrogens (tertiary/aromatic N) is 5. The standard InChI is InChI=1S/C11H11N5O/c17-13-10(8-4-2-1-3-5-8)11-12-14-15-16(11)9-6-7-9/h1-5,9-10H,6-7H2. The summed E-state index contributed by atoms with van der Waals surface area (Å²) in [5.74, 6) is 0.536. The van der Waals surface area contributed by atoms with Crippen molar-refractivity contribution in [3.63, 3.8) is 0 Å². The first-order chi connectivity index (χ1) is 8.40. The highest BCUT2D eigenvalue weighted by Crippen LogP contribution is 2.37. The van der Waals surface area contributed by atoms with Gasteiger partial charge in [-0.3, -0.25) is 0 Å². The van der Waals surface area contributed by atoms with Crippen LogP contribution < -0.4 is 0 Å². The summed E-state index contributed by atoms with van der Waals surface area (Å²) in [7, 11) is 0. The Morgan fingerprint density at radius 3 is 2.71 bits per heavy atom. The number of hydrogen-bond donors (Lipinski definition) is 0. The average molecular weight is 229 g/mol. The van der Waals surface area contributed by atoms with E-state index in [4.69, 9.17) is 0 Å². The lowest BCUT2D eigenvalue weighted by Crippen LogP contribution is -2.08. The van der Waals surface area contributed by atoms with E-state index in [1.807, 2.05) is 30.3 Å². The third kappa shape index (κ3) is 1.82. The van der Waals surface area contributed by atoms with E-state index in [0.717, 1.165) is 18.4 Å². The van der Waals surface area contributed by atoms with Crippen molar-refractivity contribution in [3.05, 3.63) is 46.6 Å². The Labute approximate surface area is 97.6 Å². The summed E-state index contributed by atoms with van der Waals surface area (Å²) in [6.45, 7) is 0. The van der Waals surface area contributed by atoms with Crippen LogP contribution in [0.4, 0.5) is 0 Å². The monoisotopic (exact) mass is 229 g/mol. The van der Waals surface area contributed by atoms with Gasteiger partial charge in [0.05, 0.1) is 6.04 Å². The summed E-state index contributed by atoms with van der Waals surface area (Å²) in [5, 5.41) is 14.7. The zero-order valence-electron chi connectivity index (χ0n) is 9.10. The number of nitroso groups, excluding NO2 is 1. The van der Waals surface area contributed by atoms with E-state index in [1.165, 1.54) is 0 Å². The molecule has 1 fully saturated rings. The van der Waals surface area contributed by atoms with Gasteiger partial charge in [-0.15, -0.1) is 10.0 Å². The molecule has 86 valence electrons. The van der Waals surface area contributed by atoms with Gasteiger partial charge in [0.2, 0.25) is 0 Å². The molecule has 0 N–H and O–H groups in total. The number of rotatable bonds is 4. The maximum absolute atomic E-state index is 11.0. The molecule has 2 aromatic rings. The highest BCUT2D eigenvalue weighted by molar-refractivity contribution is 5.24. The van der Waals surface area contributed by atoms with Gasteiger partial charge in [-0.05, 0) is 28.8 Å². The highest BCUT2D eigenvalue weighted by Gasteiger charge is 2.31. The molecule has 1 aromatic carbocycles. The van der Waals surface area contributed by atoms with E-state index in [1.54, 1.807) is 4.68 Å². The van der Waals surface area contributed by atoms with Gasteiger partial charge in [0.25, 0.3) is 0 Å². The van der Waals surface area contributed by atoms with Gasteiger partial charge in [-0.1, -0.05) is 35.5 Å². The number of hydrogen-bond acceptors (Lipinski definition) is 5. The summed E-state index contributed by atoms with van der Waals surface area (Å²) in [5.41, 5.74) is 0.819. The summed E-state index contributed by atoms with van der Waals surface area (Å²) in [6, 6.07) is 9.09. The Balaban J connectivity index is 2.00. The second kappa shape index (κ2) is 4.04. The predicted octanol–water partition coefficient (Wildman–Crippen LogP) is 1.86. The second-order valence-corrected chi connectivity index (χ2v) is 4.13. The average Bonchev–Trinajstić information content (AvgIpc) is 3.12. The molecule has 3 rings (SSSR count). The minimum atomic E-state index is -0.619. The molecule has 1 aromatic heterocycles. The zero-order valence-corrected chi connectivity index (χ0v) is 9.10. The third-order valence-corrected chi connectivity index (χ3v) is 2.88. The molecule has 17 heavy (non-hydrogen) atoms. The molecular formula is C11H11N5O. The van der Waals surface area contributed by atoms with Crippen LogP contribution in [-0.4, -0.2) is 20.2 Å². The van der Waals surface area contributed by atoms with Crippen LogP contribution in [0.2, 0.25) is 0 Å². The molecular weight excluding hydrogens is 218 g/mol. The van der Waals surface area contributed by atoms with Crippen molar-refractivity contribution < 1.29 is 0 Å². The van der Waals surface area contributed by atoms with E-state index < -0.39 is 6.04 Å². The molecule has 1 aliphatic rings. The first-order valence-corrected chi connectivity index (χ1v) is 5.55. The Morgan fingerprint density at radius 2 is 2.06 bits per heavy atom. The summed E-state index contributed by atoms with van der Waals surface area (Å²) in [6.07, 6.45) is 2.14. The Morgan fingerprint density at radius 1 is 1.29 bits per heavy atom. The number of tetrazole rings is 1. The van der Waals surface area contributed by atoms with E-state index in [2.05, 4.69) is 20.7 Å². The Kier molecular flexibility index (Phi) is 2.40. The highest BCUT2D eigenvalue weighted by atomic mass is 16.3. The normalized spacial score (nSPS) is 16.7. The SMILES string of the molecule is O=NC(c1ccccc1)c1nnnn1C1CC1. The van der Waals surface area contributed by atoms with Crippen LogP contribution in [0.15, 0.2) is 35.5 Å². The lowest BCUT2D eigenvalue weighted by Gasteiger charge is -2.08. The molecule has 0 amide bonds. The van der Waals surface area contributed by atoms with Crippen LogP contribution in [0, 0.1) is 4.91 Å². The summed E-state index contributed by atoms with van der Waals surface area (Å²) >= 11 is 0. The molecule has 1 saturated carbocycles. The Bertz CT molecular complexity index is 520. The smallest absolute Gasteiger partial charge is 0.184 e. The fourth-order valence-corrected chi connectivity index (χ4v) is 1.85. The van der Waals surface area contributed by atoms with Crippen molar-refractivity contribution in [1.29, 1.82) is 0 Å². The van der Waals surface area contributed by atoms with Crippen LogP contribution in [0.5, 0.6) is 0 Å². The molecule has 1 atom stereocenters. The molecule has 1 heterocycles. The van der Waals surface area contributed by atoms with E-state index in [0.29, 0.717) is 11.9 Å². The van der Waals surface area contributed by atoms with Gasteiger partial charge in [-0.2, -0.15) is 0 Å². The topological polar surface area (TPSA) is 73.0 Å². The van der Waals surface area contributed by atoms with Crippen LogP contribution in [0.25, 0.3) is 0 Å². The Hall–Kier alpha value is -2.11. The predicted molar refractivity (Wildman–Crippen MR) is 60.2 cm³/mol. The first kappa shape index (κ1) is 10.1. The minimum absolute atomic E-state index is 0.341.